The van der Waals surface area contributed by atoms with Crippen LogP contribution < -0.4 is 5.73 Å². The summed E-state index contributed by atoms with van der Waals surface area (Å²) in [6, 6.07) is 8.37. The zero-order valence-corrected chi connectivity index (χ0v) is 12.2. The van der Waals surface area contributed by atoms with Crippen LogP contribution >= 0.6 is 0 Å². The minimum atomic E-state index is -2.88. The molecule has 0 heterocycles. The molecule has 106 valence electrons. The van der Waals surface area contributed by atoms with Gasteiger partial charge in [-0.2, -0.15) is 0 Å². The second kappa shape index (κ2) is 5.92. The molecule has 1 aliphatic rings. The lowest BCUT2D eigenvalue weighted by Crippen LogP contribution is -2.31. The van der Waals surface area contributed by atoms with Gasteiger partial charge in [0.15, 0.2) is 9.84 Å². The van der Waals surface area contributed by atoms with Crippen molar-refractivity contribution >= 4 is 15.5 Å². The SMILES string of the molecule is CCS(=O)(=O)CCN(Cc1ccc(N)cc1)C1CC1. The van der Waals surface area contributed by atoms with Crippen LogP contribution in [0.25, 0.3) is 0 Å². The fourth-order valence-corrected chi connectivity index (χ4v) is 2.89. The third-order valence-electron chi connectivity index (χ3n) is 3.56. The predicted octanol–water partition coefficient (Wildman–Crippen LogP) is 1.67. The van der Waals surface area contributed by atoms with Crippen molar-refractivity contribution in [3.63, 3.8) is 0 Å². The van der Waals surface area contributed by atoms with Gasteiger partial charge in [-0.05, 0) is 30.5 Å². The van der Waals surface area contributed by atoms with E-state index in [2.05, 4.69) is 4.90 Å². The number of anilines is 1. The number of rotatable bonds is 7. The Hall–Kier alpha value is -1.07. The number of nitrogen functional groups attached to an aromatic ring is 1. The molecule has 0 atom stereocenters. The zero-order valence-electron chi connectivity index (χ0n) is 11.4. The van der Waals surface area contributed by atoms with Gasteiger partial charge in [0.1, 0.15) is 0 Å². The van der Waals surface area contributed by atoms with Gasteiger partial charge in [0, 0.05) is 30.6 Å². The van der Waals surface area contributed by atoms with Crippen molar-refractivity contribution in [1.29, 1.82) is 0 Å². The van der Waals surface area contributed by atoms with E-state index in [9.17, 15) is 8.42 Å². The molecule has 2 rings (SSSR count). The lowest BCUT2D eigenvalue weighted by molar-refractivity contribution is 0.270. The van der Waals surface area contributed by atoms with Gasteiger partial charge < -0.3 is 5.73 Å². The first-order chi connectivity index (χ1) is 9.00. The molecule has 0 aliphatic heterocycles. The third kappa shape index (κ3) is 4.51. The summed E-state index contributed by atoms with van der Waals surface area (Å²) >= 11 is 0. The van der Waals surface area contributed by atoms with Gasteiger partial charge in [0.25, 0.3) is 0 Å². The van der Waals surface area contributed by atoms with Crippen LogP contribution in [0, 0.1) is 0 Å². The molecular weight excluding hydrogens is 260 g/mol. The summed E-state index contributed by atoms with van der Waals surface area (Å²) in [5, 5.41) is 0. The van der Waals surface area contributed by atoms with E-state index in [-0.39, 0.29) is 11.5 Å². The van der Waals surface area contributed by atoms with E-state index in [1.54, 1.807) is 6.92 Å². The van der Waals surface area contributed by atoms with Crippen molar-refractivity contribution in [2.24, 2.45) is 0 Å². The minimum Gasteiger partial charge on any atom is -0.399 e. The van der Waals surface area contributed by atoms with Crippen LogP contribution in [0.15, 0.2) is 24.3 Å². The fourth-order valence-electron chi connectivity index (χ4n) is 2.09. The standard InChI is InChI=1S/C14H22N2O2S/c1-2-19(17,18)10-9-16(14-7-8-14)11-12-3-5-13(15)6-4-12/h3-6,14H,2,7-11,15H2,1H3. The average molecular weight is 282 g/mol. The molecule has 2 N–H and O–H groups in total. The Morgan fingerprint density at radius 3 is 2.42 bits per heavy atom. The van der Waals surface area contributed by atoms with Crippen LogP contribution in [0.4, 0.5) is 5.69 Å². The smallest absolute Gasteiger partial charge is 0.151 e. The Labute approximate surface area is 115 Å². The Morgan fingerprint density at radius 1 is 1.26 bits per heavy atom. The molecule has 1 aliphatic carbocycles. The number of benzene rings is 1. The fraction of sp³-hybridized carbons (Fsp3) is 0.571. The second-order valence-corrected chi connectivity index (χ2v) is 7.65. The topological polar surface area (TPSA) is 63.4 Å². The predicted molar refractivity (Wildman–Crippen MR) is 78.6 cm³/mol. The maximum atomic E-state index is 11.6. The molecule has 1 saturated carbocycles. The summed E-state index contributed by atoms with van der Waals surface area (Å²) < 4.78 is 23.2. The van der Waals surface area contributed by atoms with Gasteiger partial charge in [0.05, 0.1) is 5.75 Å². The highest BCUT2D eigenvalue weighted by Crippen LogP contribution is 2.28. The maximum Gasteiger partial charge on any atom is 0.151 e. The molecule has 0 spiro atoms. The molecule has 0 bridgehead atoms. The van der Waals surface area contributed by atoms with Crippen LogP contribution in [0.2, 0.25) is 0 Å². The highest BCUT2D eigenvalue weighted by Gasteiger charge is 2.29. The van der Waals surface area contributed by atoms with Gasteiger partial charge in [-0.3, -0.25) is 4.90 Å². The lowest BCUT2D eigenvalue weighted by Gasteiger charge is -2.22. The van der Waals surface area contributed by atoms with Crippen molar-refractivity contribution in [3.05, 3.63) is 29.8 Å². The summed E-state index contributed by atoms with van der Waals surface area (Å²) in [6.07, 6.45) is 2.36. The normalized spacial score (nSPS) is 15.9. The molecule has 5 heteroatoms. The molecule has 0 aromatic heterocycles. The van der Waals surface area contributed by atoms with E-state index >= 15 is 0 Å². The Morgan fingerprint density at radius 2 is 1.89 bits per heavy atom. The average Bonchev–Trinajstić information content (AvgIpc) is 3.21. The van der Waals surface area contributed by atoms with Gasteiger partial charge in [-0.25, -0.2) is 8.42 Å². The number of nitrogens with zero attached hydrogens (tertiary/aromatic N) is 1. The first-order valence-electron chi connectivity index (χ1n) is 6.79. The number of hydrogen-bond acceptors (Lipinski definition) is 4. The minimum absolute atomic E-state index is 0.230. The molecule has 0 saturated heterocycles. The Bertz CT molecular complexity index is 507. The number of nitrogens with two attached hydrogens (primary N) is 1. The summed E-state index contributed by atoms with van der Waals surface area (Å²) in [4.78, 5) is 2.28. The van der Waals surface area contributed by atoms with E-state index in [1.165, 1.54) is 18.4 Å². The van der Waals surface area contributed by atoms with Crippen LogP contribution in [-0.4, -0.2) is 37.4 Å². The highest BCUT2D eigenvalue weighted by molar-refractivity contribution is 7.91. The largest absolute Gasteiger partial charge is 0.399 e. The maximum absolute atomic E-state index is 11.6. The second-order valence-electron chi connectivity index (χ2n) is 5.18. The van der Waals surface area contributed by atoms with Crippen molar-refractivity contribution in [2.75, 3.05) is 23.8 Å². The summed E-state index contributed by atoms with van der Waals surface area (Å²) in [6.45, 7) is 3.15. The van der Waals surface area contributed by atoms with E-state index in [1.807, 2.05) is 24.3 Å². The Kier molecular flexibility index (Phi) is 4.47. The van der Waals surface area contributed by atoms with Crippen LogP contribution in [0.5, 0.6) is 0 Å². The molecule has 0 unspecified atom stereocenters. The first kappa shape index (κ1) is 14.3. The number of sulfone groups is 1. The molecule has 1 fully saturated rings. The molecule has 1 aromatic rings. The zero-order chi connectivity index (χ0) is 13.9. The first-order valence-corrected chi connectivity index (χ1v) is 8.61. The highest BCUT2D eigenvalue weighted by atomic mass is 32.2. The number of hydrogen-bond donors (Lipinski definition) is 1. The van der Waals surface area contributed by atoms with E-state index in [0.29, 0.717) is 12.6 Å². The third-order valence-corrected chi connectivity index (χ3v) is 5.24. The van der Waals surface area contributed by atoms with Crippen LogP contribution in [0.3, 0.4) is 0 Å². The van der Waals surface area contributed by atoms with Gasteiger partial charge >= 0.3 is 0 Å². The van der Waals surface area contributed by atoms with Crippen molar-refractivity contribution in [3.8, 4) is 0 Å². The van der Waals surface area contributed by atoms with E-state index in [4.69, 9.17) is 5.73 Å². The molecule has 1 aromatic carbocycles. The van der Waals surface area contributed by atoms with Crippen LogP contribution in [0.1, 0.15) is 25.3 Å². The molecule has 4 nitrogen and oxygen atoms in total. The monoisotopic (exact) mass is 282 g/mol. The molecular formula is C14H22N2O2S. The van der Waals surface area contributed by atoms with E-state index < -0.39 is 9.84 Å². The summed E-state index contributed by atoms with van der Waals surface area (Å²) in [5.41, 5.74) is 7.62. The van der Waals surface area contributed by atoms with Crippen molar-refractivity contribution in [1.82, 2.24) is 4.90 Å². The summed E-state index contributed by atoms with van der Waals surface area (Å²) in [5.74, 6) is 0.488. The lowest BCUT2D eigenvalue weighted by atomic mass is 10.2. The molecule has 19 heavy (non-hydrogen) atoms. The van der Waals surface area contributed by atoms with Crippen LogP contribution in [-0.2, 0) is 16.4 Å². The quantitative estimate of drug-likeness (QED) is 0.773. The van der Waals surface area contributed by atoms with Gasteiger partial charge in [-0.15, -0.1) is 0 Å². The summed E-state index contributed by atoms with van der Waals surface area (Å²) in [7, 11) is -2.88. The van der Waals surface area contributed by atoms with Gasteiger partial charge in [0.2, 0.25) is 0 Å². The van der Waals surface area contributed by atoms with Crippen molar-refractivity contribution < 1.29 is 8.42 Å². The van der Waals surface area contributed by atoms with Crippen molar-refractivity contribution in [2.45, 2.75) is 32.4 Å². The van der Waals surface area contributed by atoms with E-state index in [0.717, 1.165) is 12.2 Å². The van der Waals surface area contributed by atoms with Gasteiger partial charge in [-0.1, -0.05) is 19.1 Å². The molecule has 0 radical (unpaired) electrons. The Balaban J connectivity index is 1.95. The molecule has 0 amide bonds.